The maximum Gasteiger partial charge on any atom is 0.255 e. The molecule has 0 saturated heterocycles. The van der Waals surface area contributed by atoms with Gasteiger partial charge in [0, 0.05) is 23.5 Å². The van der Waals surface area contributed by atoms with Crippen molar-refractivity contribution in [2.75, 3.05) is 5.32 Å². The maximum absolute atomic E-state index is 12.2. The summed E-state index contributed by atoms with van der Waals surface area (Å²) in [6.45, 7) is 1.94. The van der Waals surface area contributed by atoms with Gasteiger partial charge >= 0.3 is 0 Å². The number of anilines is 1. The molecule has 122 valence electrons. The van der Waals surface area contributed by atoms with Gasteiger partial charge in [-0.15, -0.1) is 0 Å². The lowest BCUT2D eigenvalue weighted by atomic mass is 10.1. The number of rotatable bonds is 4. The van der Waals surface area contributed by atoms with Gasteiger partial charge in [-0.1, -0.05) is 17.7 Å². The van der Waals surface area contributed by atoms with E-state index in [2.05, 4.69) is 10.3 Å². The molecular formula is C20H15N3O2. The lowest BCUT2D eigenvalue weighted by Crippen LogP contribution is -2.11. The van der Waals surface area contributed by atoms with E-state index >= 15 is 0 Å². The summed E-state index contributed by atoms with van der Waals surface area (Å²) in [4.78, 5) is 16.3. The number of aromatic nitrogens is 1. The molecule has 0 aliphatic rings. The molecule has 3 aromatic rings. The number of carbonyl (C=O) groups is 1. The molecule has 0 unspecified atom stereocenters. The molecule has 0 aliphatic heterocycles. The molecule has 5 heteroatoms. The molecule has 1 aromatic heterocycles. The van der Waals surface area contributed by atoms with E-state index in [1.165, 1.54) is 6.20 Å². The number of carbonyl (C=O) groups excluding carboxylic acids is 1. The summed E-state index contributed by atoms with van der Waals surface area (Å²) in [5.74, 6) is 0.826. The zero-order chi connectivity index (χ0) is 17.6. The molecule has 0 atom stereocenters. The van der Waals surface area contributed by atoms with E-state index in [1.807, 2.05) is 31.2 Å². The lowest BCUT2D eigenvalue weighted by molar-refractivity contribution is 0.102. The Morgan fingerprint density at radius 2 is 1.92 bits per heavy atom. The van der Waals surface area contributed by atoms with Gasteiger partial charge in [0.2, 0.25) is 5.88 Å². The highest BCUT2D eigenvalue weighted by Gasteiger charge is 2.06. The average Bonchev–Trinajstić information content (AvgIpc) is 2.64. The summed E-state index contributed by atoms with van der Waals surface area (Å²) in [7, 11) is 0. The Hall–Kier alpha value is -3.65. The molecule has 1 N–H and O–H groups in total. The van der Waals surface area contributed by atoms with Gasteiger partial charge in [0.15, 0.2) is 0 Å². The molecule has 1 amide bonds. The quantitative estimate of drug-likeness (QED) is 0.774. The number of pyridine rings is 1. The minimum absolute atomic E-state index is 0.161. The molecule has 0 saturated carbocycles. The Morgan fingerprint density at radius 3 is 2.56 bits per heavy atom. The van der Waals surface area contributed by atoms with Crippen molar-refractivity contribution in [3.63, 3.8) is 0 Å². The first-order chi connectivity index (χ1) is 12.1. The largest absolute Gasteiger partial charge is 0.439 e. The standard InChI is InChI=1S/C20H15N3O2/c1-14-3-2-4-16(11-14)20(24)23-17-6-8-18(9-7-17)25-19-10-5-15(12-21)13-22-19/h2-11,13H,1H3,(H,23,24). The first-order valence-corrected chi connectivity index (χ1v) is 7.66. The third kappa shape index (κ3) is 4.21. The van der Waals surface area contributed by atoms with Crippen molar-refractivity contribution in [3.05, 3.63) is 83.6 Å². The van der Waals surface area contributed by atoms with Crippen LogP contribution >= 0.6 is 0 Å². The minimum Gasteiger partial charge on any atom is -0.439 e. The number of hydrogen-bond acceptors (Lipinski definition) is 4. The van der Waals surface area contributed by atoms with E-state index in [4.69, 9.17) is 10.00 Å². The highest BCUT2D eigenvalue weighted by Crippen LogP contribution is 2.22. The Balaban J connectivity index is 1.65. The molecule has 1 heterocycles. The topological polar surface area (TPSA) is 75.0 Å². The zero-order valence-electron chi connectivity index (χ0n) is 13.6. The summed E-state index contributed by atoms with van der Waals surface area (Å²) in [5.41, 5.74) is 2.79. The molecule has 2 aromatic carbocycles. The van der Waals surface area contributed by atoms with Crippen LogP contribution in [0.2, 0.25) is 0 Å². The van der Waals surface area contributed by atoms with Crippen LogP contribution in [0.15, 0.2) is 66.9 Å². The number of nitrogens with zero attached hydrogens (tertiary/aromatic N) is 2. The first kappa shape index (κ1) is 16.2. The zero-order valence-corrected chi connectivity index (χ0v) is 13.6. The van der Waals surface area contributed by atoms with Crippen LogP contribution in [0.5, 0.6) is 11.6 Å². The van der Waals surface area contributed by atoms with Crippen LogP contribution in [-0.2, 0) is 0 Å². The predicted octanol–water partition coefficient (Wildman–Crippen LogP) is 4.31. The van der Waals surface area contributed by atoms with Crippen LogP contribution in [0.25, 0.3) is 0 Å². The summed E-state index contributed by atoms with van der Waals surface area (Å²) in [6.07, 6.45) is 1.45. The SMILES string of the molecule is Cc1cccc(C(=O)Nc2ccc(Oc3ccc(C#N)cn3)cc2)c1. The normalized spacial score (nSPS) is 9.92. The van der Waals surface area contributed by atoms with Crippen molar-refractivity contribution in [2.45, 2.75) is 6.92 Å². The molecular weight excluding hydrogens is 314 g/mol. The van der Waals surface area contributed by atoms with Gasteiger partial charge < -0.3 is 10.1 Å². The number of nitriles is 1. The fourth-order valence-corrected chi connectivity index (χ4v) is 2.22. The van der Waals surface area contributed by atoms with Gasteiger partial charge in [0.05, 0.1) is 5.56 Å². The Kier molecular flexibility index (Phi) is 4.72. The van der Waals surface area contributed by atoms with Crippen LogP contribution in [-0.4, -0.2) is 10.9 Å². The predicted molar refractivity (Wildman–Crippen MR) is 94.6 cm³/mol. The van der Waals surface area contributed by atoms with Crippen molar-refractivity contribution in [1.29, 1.82) is 5.26 Å². The first-order valence-electron chi connectivity index (χ1n) is 7.66. The lowest BCUT2D eigenvalue weighted by Gasteiger charge is -2.08. The summed E-state index contributed by atoms with van der Waals surface area (Å²) >= 11 is 0. The molecule has 5 nitrogen and oxygen atoms in total. The third-order valence-corrected chi connectivity index (χ3v) is 3.48. The van der Waals surface area contributed by atoms with Crippen molar-refractivity contribution in [3.8, 4) is 17.7 Å². The fraction of sp³-hybridized carbons (Fsp3) is 0.0500. The fourth-order valence-electron chi connectivity index (χ4n) is 2.22. The van der Waals surface area contributed by atoms with Crippen LogP contribution in [0, 0.1) is 18.3 Å². The molecule has 0 spiro atoms. The van der Waals surface area contributed by atoms with Gasteiger partial charge in [-0.2, -0.15) is 5.26 Å². The summed E-state index contributed by atoms with van der Waals surface area (Å²) < 4.78 is 5.60. The molecule has 3 rings (SSSR count). The number of hydrogen-bond donors (Lipinski definition) is 1. The summed E-state index contributed by atoms with van der Waals surface area (Å²) in [5, 5.41) is 11.6. The van der Waals surface area contributed by atoms with Crippen LogP contribution in [0.3, 0.4) is 0 Å². The van der Waals surface area contributed by atoms with E-state index in [0.29, 0.717) is 28.4 Å². The number of nitrogens with one attached hydrogen (secondary N) is 1. The highest BCUT2D eigenvalue weighted by molar-refractivity contribution is 6.04. The van der Waals surface area contributed by atoms with E-state index in [1.54, 1.807) is 42.5 Å². The second kappa shape index (κ2) is 7.28. The second-order valence-electron chi connectivity index (χ2n) is 5.45. The number of aryl methyl sites for hydroxylation is 1. The summed E-state index contributed by atoms with van der Waals surface area (Å²) in [6, 6.07) is 19.7. The van der Waals surface area contributed by atoms with E-state index < -0.39 is 0 Å². The Labute approximate surface area is 145 Å². The van der Waals surface area contributed by atoms with Crippen LogP contribution in [0.4, 0.5) is 5.69 Å². The van der Waals surface area contributed by atoms with Crippen molar-refractivity contribution < 1.29 is 9.53 Å². The van der Waals surface area contributed by atoms with Crippen LogP contribution in [0.1, 0.15) is 21.5 Å². The third-order valence-electron chi connectivity index (χ3n) is 3.48. The van der Waals surface area contributed by atoms with E-state index in [9.17, 15) is 4.79 Å². The Bertz CT molecular complexity index is 926. The van der Waals surface area contributed by atoms with Gasteiger partial charge in [0.25, 0.3) is 5.91 Å². The number of amides is 1. The molecule has 0 aliphatic carbocycles. The number of ether oxygens (including phenoxy) is 1. The maximum atomic E-state index is 12.2. The van der Waals surface area contributed by atoms with Crippen molar-refractivity contribution in [2.24, 2.45) is 0 Å². The van der Waals surface area contributed by atoms with E-state index in [-0.39, 0.29) is 5.91 Å². The highest BCUT2D eigenvalue weighted by atomic mass is 16.5. The minimum atomic E-state index is -0.161. The smallest absolute Gasteiger partial charge is 0.255 e. The van der Waals surface area contributed by atoms with E-state index in [0.717, 1.165) is 5.56 Å². The van der Waals surface area contributed by atoms with Gasteiger partial charge in [0.1, 0.15) is 11.8 Å². The monoisotopic (exact) mass is 329 g/mol. The molecule has 0 radical (unpaired) electrons. The molecule has 25 heavy (non-hydrogen) atoms. The second-order valence-corrected chi connectivity index (χ2v) is 5.45. The number of benzene rings is 2. The van der Waals surface area contributed by atoms with Gasteiger partial charge in [-0.3, -0.25) is 4.79 Å². The molecule has 0 fully saturated rings. The van der Waals surface area contributed by atoms with Crippen molar-refractivity contribution >= 4 is 11.6 Å². The molecule has 0 bridgehead atoms. The van der Waals surface area contributed by atoms with Crippen LogP contribution < -0.4 is 10.1 Å². The van der Waals surface area contributed by atoms with Gasteiger partial charge in [-0.05, 0) is 49.4 Å². The average molecular weight is 329 g/mol. The Morgan fingerprint density at radius 1 is 1.12 bits per heavy atom. The van der Waals surface area contributed by atoms with Crippen molar-refractivity contribution in [1.82, 2.24) is 4.98 Å². The van der Waals surface area contributed by atoms with Gasteiger partial charge in [-0.25, -0.2) is 4.98 Å².